The number of alkyl halides is 2. The van der Waals surface area contributed by atoms with Crippen molar-refractivity contribution in [1.29, 1.82) is 0 Å². The van der Waals surface area contributed by atoms with Crippen LogP contribution in [0.3, 0.4) is 0 Å². The van der Waals surface area contributed by atoms with E-state index >= 15 is 0 Å². The van der Waals surface area contributed by atoms with Crippen molar-refractivity contribution in [3.8, 4) is 0 Å². The van der Waals surface area contributed by atoms with Gasteiger partial charge in [-0.05, 0) is 52.0 Å². The van der Waals surface area contributed by atoms with Crippen LogP contribution in [0.2, 0.25) is 0 Å². The normalized spacial score (nSPS) is 46.3. The molecule has 5 N–H and O–H groups in total. The lowest BCUT2D eigenvalue weighted by Crippen LogP contribution is -2.71. The van der Waals surface area contributed by atoms with E-state index < -0.39 is 34.8 Å². The number of carbonyl (C=O) groups excluding carboxylic acids is 2. The third-order valence-electron chi connectivity index (χ3n) is 8.49. The first-order chi connectivity index (χ1) is 16.2. The molecule has 10 nitrogen and oxygen atoms in total. The van der Waals surface area contributed by atoms with Gasteiger partial charge in [-0.15, -0.1) is 11.6 Å². The lowest BCUT2D eigenvalue weighted by Gasteiger charge is -2.56. The number of carbonyl (C=O) groups is 2. The fourth-order valence-corrected chi connectivity index (χ4v) is 6.59. The number of hydrogen-bond acceptors (Lipinski definition) is 8. The maximum absolute atomic E-state index is 13.8. The van der Waals surface area contributed by atoms with E-state index in [2.05, 4.69) is 21.4 Å². The van der Waals surface area contributed by atoms with Gasteiger partial charge < -0.3 is 20.5 Å². The molecule has 6 aliphatic rings. The molecule has 6 fully saturated rings. The van der Waals surface area contributed by atoms with Gasteiger partial charge in [-0.25, -0.2) is 4.39 Å². The van der Waals surface area contributed by atoms with Crippen molar-refractivity contribution in [2.75, 3.05) is 20.3 Å². The Morgan fingerprint density at radius 2 is 2.03 bits per heavy atom. The number of nitrogens with zero attached hydrogens (tertiary/aromatic N) is 1. The number of ether oxygens (including phenoxy) is 1. The van der Waals surface area contributed by atoms with Crippen LogP contribution in [-0.2, 0) is 19.2 Å². The SMILES string of the molecule is CN1CNC2NOC(C(=O)NC34CCC(NC(=O)COC5CCC(Cl)C(F)C5)(CC3)C(O)C4)C21. The third kappa shape index (κ3) is 4.56. The number of likely N-dealkylation sites (N-methyl/N-ethyl adjacent to an activating group) is 1. The average Bonchev–Trinajstić information content (AvgIpc) is 3.39. The van der Waals surface area contributed by atoms with Crippen LogP contribution in [0, 0.1) is 0 Å². The number of hydrogen-bond donors (Lipinski definition) is 5. The lowest BCUT2D eigenvalue weighted by molar-refractivity contribution is -0.145. The monoisotopic (exact) mass is 503 g/mol. The van der Waals surface area contributed by atoms with Gasteiger partial charge in [0, 0.05) is 18.6 Å². The summed E-state index contributed by atoms with van der Waals surface area (Å²) in [5.74, 6) is -0.499. The summed E-state index contributed by atoms with van der Waals surface area (Å²) in [5.41, 5.74) is 1.65. The summed E-state index contributed by atoms with van der Waals surface area (Å²) in [6, 6.07) is -0.0981. The highest BCUT2D eigenvalue weighted by Gasteiger charge is 2.57. The largest absolute Gasteiger partial charge is 0.391 e. The smallest absolute Gasteiger partial charge is 0.253 e. The summed E-state index contributed by atoms with van der Waals surface area (Å²) in [4.78, 5) is 33.3. The molecule has 4 aliphatic carbocycles. The molecular weight excluding hydrogens is 469 g/mol. The molecule has 7 unspecified atom stereocenters. The quantitative estimate of drug-likeness (QED) is 0.311. The third-order valence-corrected chi connectivity index (χ3v) is 8.99. The number of nitrogens with one attached hydrogen (secondary N) is 4. The van der Waals surface area contributed by atoms with Gasteiger partial charge in [0.25, 0.3) is 5.91 Å². The molecule has 0 spiro atoms. The Labute approximate surface area is 203 Å². The molecule has 4 saturated carbocycles. The minimum atomic E-state index is -1.12. The number of aliphatic hydroxyl groups is 1. The van der Waals surface area contributed by atoms with E-state index in [1.165, 1.54) is 0 Å². The molecule has 0 aromatic rings. The van der Waals surface area contributed by atoms with Gasteiger partial charge in [0.1, 0.15) is 18.9 Å². The van der Waals surface area contributed by atoms with Crippen LogP contribution in [0.5, 0.6) is 0 Å². The first kappa shape index (κ1) is 24.6. The maximum Gasteiger partial charge on any atom is 0.253 e. The second-order valence-electron chi connectivity index (χ2n) is 10.7. The molecule has 0 radical (unpaired) electrons. The number of fused-ring (bicyclic) bond motifs is 4. The fraction of sp³-hybridized carbons (Fsp3) is 0.909. The zero-order valence-electron chi connectivity index (χ0n) is 19.4. The Hall–Kier alpha value is -1.08. The summed E-state index contributed by atoms with van der Waals surface area (Å²) in [6.45, 7) is 0.504. The molecule has 2 aliphatic heterocycles. The van der Waals surface area contributed by atoms with Crippen LogP contribution in [0.1, 0.15) is 51.4 Å². The number of hydroxylamine groups is 1. The van der Waals surface area contributed by atoms with Crippen LogP contribution in [-0.4, -0.2) is 95.3 Å². The molecule has 0 aromatic carbocycles. The van der Waals surface area contributed by atoms with Gasteiger partial charge in [-0.1, -0.05) is 0 Å². The van der Waals surface area contributed by atoms with E-state index in [0.717, 1.165) is 0 Å². The predicted molar refractivity (Wildman–Crippen MR) is 120 cm³/mol. The first-order valence-corrected chi connectivity index (χ1v) is 12.7. The molecule has 34 heavy (non-hydrogen) atoms. The topological polar surface area (TPSA) is 124 Å². The Kier molecular flexibility index (Phi) is 6.82. The summed E-state index contributed by atoms with van der Waals surface area (Å²) in [6.07, 6.45) is 1.20. The molecule has 0 aromatic heterocycles. The van der Waals surface area contributed by atoms with Crippen LogP contribution >= 0.6 is 11.6 Å². The van der Waals surface area contributed by atoms with Crippen molar-refractivity contribution in [3.05, 3.63) is 0 Å². The second-order valence-corrected chi connectivity index (χ2v) is 11.3. The van der Waals surface area contributed by atoms with Crippen molar-refractivity contribution in [3.63, 3.8) is 0 Å². The Balaban J connectivity index is 1.13. The van der Waals surface area contributed by atoms with Crippen molar-refractivity contribution in [1.82, 2.24) is 26.3 Å². The Bertz CT molecular complexity index is 800. The van der Waals surface area contributed by atoms with Crippen LogP contribution in [0.25, 0.3) is 0 Å². The Morgan fingerprint density at radius 1 is 1.26 bits per heavy atom. The van der Waals surface area contributed by atoms with Gasteiger partial charge in [0.2, 0.25) is 5.91 Å². The van der Waals surface area contributed by atoms with E-state index in [1.54, 1.807) is 0 Å². The van der Waals surface area contributed by atoms with Gasteiger partial charge in [0.15, 0.2) is 6.10 Å². The number of aliphatic hydroxyl groups excluding tert-OH is 1. The zero-order chi connectivity index (χ0) is 24.1. The van der Waals surface area contributed by atoms with Crippen molar-refractivity contribution in [2.45, 2.75) is 105 Å². The molecule has 2 saturated heterocycles. The molecule has 2 amide bonds. The molecule has 192 valence electrons. The molecule has 12 heteroatoms. The van der Waals surface area contributed by atoms with Crippen LogP contribution < -0.4 is 21.4 Å². The molecule has 2 bridgehead atoms. The maximum atomic E-state index is 13.8. The summed E-state index contributed by atoms with van der Waals surface area (Å²) < 4.78 is 19.4. The van der Waals surface area contributed by atoms with Gasteiger partial charge in [-0.3, -0.25) is 24.6 Å². The number of halogens is 2. The van der Waals surface area contributed by atoms with E-state index in [4.69, 9.17) is 21.2 Å². The fourth-order valence-electron chi connectivity index (χ4n) is 6.36. The predicted octanol–water partition coefficient (Wildman–Crippen LogP) is -0.360. The first-order valence-electron chi connectivity index (χ1n) is 12.3. The summed E-state index contributed by atoms with van der Waals surface area (Å²) >= 11 is 5.91. The molecule has 7 atom stereocenters. The van der Waals surface area contributed by atoms with E-state index in [1.807, 2.05) is 11.9 Å². The van der Waals surface area contributed by atoms with E-state index in [0.29, 0.717) is 51.6 Å². The van der Waals surface area contributed by atoms with Crippen molar-refractivity contribution >= 4 is 23.4 Å². The van der Waals surface area contributed by atoms with Gasteiger partial charge in [0.05, 0.1) is 29.2 Å². The van der Waals surface area contributed by atoms with Crippen LogP contribution in [0.15, 0.2) is 0 Å². The summed E-state index contributed by atoms with van der Waals surface area (Å²) in [7, 11) is 1.94. The van der Waals surface area contributed by atoms with Crippen LogP contribution in [0.4, 0.5) is 4.39 Å². The molecule has 2 heterocycles. The number of amides is 2. The van der Waals surface area contributed by atoms with Gasteiger partial charge >= 0.3 is 0 Å². The lowest BCUT2D eigenvalue weighted by atomic mass is 9.59. The second kappa shape index (κ2) is 9.42. The van der Waals surface area contributed by atoms with Gasteiger partial charge in [-0.2, -0.15) is 5.48 Å². The molecular formula is C22H35ClFN5O5. The minimum Gasteiger partial charge on any atom is -0.391 e. The van der Waals surface area contributed by atoms with Crippen molar-refractivity contribution in [2.24, 2.45) is 0 Å². The highest BCUT2D eigenvalue weighted by atomic mass is 35.5. The zero-order valence-corrected chi connectivity index (χ0v) is 20.2. The van der Waals surface area contributed by atoms with Crippen molar-refractivity contribution < 1.29 is 28.7 Å². The van der Waals surface area contributed by atoms with E-state index in [9.17, 15) is 19.1 Å². The Morgan fingerprint density at radius 3 is 2.74 bits per heavy atom. The highest BCUT2D eigenvalue weighted by molar-refractivity contribution is 6.21. The minimum absolute atomic E-state index is 0.0904. The standard InChI is InChI=1S/C22H35ClFN5O5/c1-29-11-25-19-17(29)18(34-28-19)20(32)27-21-4-6-22(7-5-21,15(30)9-21)26-16(31)10-33-12-2-3-13(23)14(24)8-12/h12-15,17-19,25,28,30H,2-11H2,1H3,(H,26,31)(H,27,32). The van der Waals surface area contributed by atoms with E-state index in [-0.39, 0.29) is 43.2 Å². The average molecular weight is 504 g/mol. The number of rotatable bonds is 6. The molecule has 6 rings (SSSR count). The summed E-state index contributed by atoms with van der Waals surface area (Å²) in [5, 5.41) is 19.9. The highest BCUT2D eigenvalue weighted by Crippen LogP contribution is 2.47.